The van der Waals surface area contributed by atoms with E-state index in [0.717, 1.165) is 17.7 Å². The van der Waals surface area contributed by atoms with E-state index in [1.165, 1.54) is 6.08 Å². The highest BCUT2D eigenvalue weighted by molar-refractivity contribution is 6.32. The third-order valence-electron chi connectivity index (χ3n) is 3.85. The molecule has 5 heteroatoms. The lowest BCUT2D eigenvalue weighted by molar-refractivity contribution is -0.117. The zero-order valence-electron chi connectivity index (χ0n) is 13.0. The molecule has 4 nitrogen and oxygen atoms in total. The van der Waals surface area contributed by atoms with Gasteiger partial charge in [0.15, 0.2) is 0 Å². The maximum Gasteiger partial charge on any atom is 0.248 e. The number of halogens is 1. The fraction of sp³-hybridized carbons (Fsp3) is 0.158. The largest absolute Gasteiger partial charge is 0.321 e. The van der Waals surface area contributed by atoms with Gasteiger partial charge in [-0.2, -0.15) is 0 Å². The summed E-state index contributed by atoms with van der Waals surface area (Å²) in [5.74, 6) is -0.183. The highest BCUT2D eigenvalue weighted by atomic mass is 35.5. The molecule has 3 rings (SSSR count). The van der Waals surface area contributed by atoms with Crippen LogP contribution in [0.2, 0.25) is 5.02 Å². The van der Waals surface area contributed by atoms with E-state index in [9.17, 15) is 9.59 Å². The Kier molecular flexibility index (Phi) is 4.96. The van der Waals surface area contributed by atoms with Crippen LogP contribution in [-0.2, 0) is 9.59 Å². The molecule has 0 saturated carbocycles. The molecule has 0 unspecified atom stereocenters. The summed E-state index contributed by atoms with van der Waals surface area (Å²) in [6, 6.07) is 14.6. The predicted octanol–water partition coefficient (Wildman–Crippen LogP) is 4.12. The smallest absolute Gasteiger partial charge is 0.248 e. The second-order valence-electron chi connectivity index (χ2n) is 5.51. The number of nitrogens with zero attached hydrogens (tertiary/aromatic N) is 1. The van der Waals surface area contributed by atoms with Crippen molar-refractivity contribution in [2.75, 3.05) is 16.8 Å². The number of carbonyl (C=O) groups excluding carboxylic acids is 2. The van der Waals surface area contributed by atoms with Gasteiger partial charge in [-0.1, -0.05) is 41.9 Å². The van der Waals surface area contributed by atoms with Gasteiger partial charge in [0.25, 0.3) is 0 Å². The van der Waals surface area contributed by atoms with Gasteiger partial charge in [0.05, 0.1) is 11.4 Å². The molecule has 24 heavy (non-hydrogen) atoms. The number of rotatable bonds is 4. The summed E-state index contributed by atoms with van der Waals surface area (Å²) in [7, 11) is 0. The molecule has 0 aromatic heterocycles. The van der Waals surface area contributed by atoms with Crippen LogP contribution >= 0.6 is 11.6 Å². The number of anilines is 2. The Balaban J connectivity index is 1.75. The van der Waals surface area contributed by atoms with Crippen LogP contribution in [0.25, 0.3) is 6.08 Å². The molecule has 1 saturated heterocycles. The van der Waals surface area contributed by atoms with E-state index in [-0.39, 0.29) is 11.8 Å². The molecule has 0 atom stereocenters. The summed E-state index contributed by atoms with van der Waals surface area (Å²) in [6.45, 7) is 0.682. The molecule has 1 aliphatic rings. The summed E-state index contributed by atoms with van der Waals surface area (Å²) in [6.07, 6.45) is 4.49. The number of para-hydroxylation sites is 2. The van der Waals surface area contributed by atoms with Crippen LogP contribution < -0.4 is 10.2 Å². The van der Waals surface area contributed by atoms with Gasteiger partial charge in [0.2, 0.25) is 11.8 Å². The lowest BCUT2D eigenvalue weighted by Crippen LogP contribution is -2.25. The average molecular weight is 341 g/mol. The van der Waals surface area contributed by atoms with Crippen molar-refractivity contribution in [3.63, 3.8) is 0 Å². The van der Waals surface area contributed by atoms with Gasteiger partial charge in [-0.25, -0.2) is 0 Å². The number of benzene rings is 2. The molecular formula is C19H17ClN2O2. The molecule has 1 fully saturated rings. The Morgan fingerprint density at radius 2 is 1.88 bits per heavy atom. The fourth-order valence-electron chi connectivity index (χ4n) is 2.67. The van der Waals surface area contributed by atoms with Crippen LogP contribution in [0.1, 0.15) is 18.4 Å². The summed E-state index contributed by atoms with van der Waals surface area (Å²) >= 11 is 6.07. The van der Waals surface area contributed by atoms with Gasteiger partial charge in [0.1, 0.15) is 0 Å². The SMILES string of the molecule is O=C(/C=C/c1ccccc1Cl)Nc1ccccc1N1CCCC1=O. The molecular weight excluding hydrogens is 324 g/mol. The van der Waals surface area contributed by atoms with Gasteiger partial charge in [0, 0.05) is 24.1 Å². The van der Waals surface area contributed by atoms with Crippen LogP contribution in [0.5, 0.6) is 0 Å². The Hall–Kier alpha value is -2.59. The maximum atomic E-state index is 12.2. The Morgan fingerprint density at radius 3 is 2.62 bits per heavy atom. The van der Waals surface area contributed by atoms with Gasteiger partial charge in [-0.15, -0.1) is 0 Å². The predicted molar refractivity (Wildman–Crippen MR) is 97.1 cm³/mol. The highest BCUT2D eigenvalue weighted by Crippen LogP contribution is 2.29. The number of hydrogen-bond acceptors (Lipinski definition) is 2. The Labute approximate surface area is 145 Å². The highest BCUT2D eigenvalue weighted by Gasteiger charge is 2.23. The first-order valence-electron chi connectivity index (χ1n) is 7.78. The van der Waals surface area contributed by atoms with Crippen molar-refractivity contribution in [2.24, 2.45) is 0 Å². The maximum absolute atomic E-state index is 12.2. The minimum Gasteiger partial charge on any atom is -0.321 e. The standard InChI is InChI=1S/C19H17ClN2O2/c20-15-7-2-1-6-14(15)11-12-18(23)21-16-8-3-4-9-17(16)22-13-5-10-19(22)24/h1-4,6-9,11-12H,5,10,13H2,(H,21,23)/b12-11+. The van der Waals surface area contributed by atoms with Crippen LogP contribution in [-0.4, -0.2) is 18.4 Å². The molecule has 0 bridgehead atoms. The van der Waals surface area contributed by atoms with Crippen LogP contribution in [0.4, 0.5) is 11.4 Å². The van der Waals surface area contributed by atoms with E-state index in [2.05, 4.69) is 5.32 Å². The summed E-state index contributed by atoms with van der Waals surface area (Å²) < 4.78 is 0. The third kappa shape index (κ3) is 3.66. The lowest BCUT2D eigenvalue weighted by atomic mass is 10.2. The molecule has 122 valence electrons. The molecule has 1 aliphatic heterocycles. The minimum atomic E-state index is -0.269. The molecule has 0 radical (unpaired) electrons. The van der Waals surface area contributed by atoms with Crippen LogP contribution in [0.15, 0.2) is 54.6 Å². The zero-order chi connectivity index (χ0) is 16.9. The monoisotopic (exact) mass is 340 g/mol. The summed E-state index contributed by atoms with van der Waals surface area (Å²) in [4.78, 5) is 25.9. The van der Waals surface area contributed by atoms with Crippen molar-refractivity contribution in [2.45, 2.75) is 12.8 Å². The Bertz CT molecular complexity index is 801. The molecule has 2 amide bonds. The zero-order valence-corrected chi connectivity index (χ0v) is 13.8. The van der Waals surface area contributed by atoms with Gasteiger partial charge in [-0.05, 0) is 36.3 Å². The normalized spacial score (nSPS) is 14.4. The van der Waals surface area contributed by atoms with Crippen molar-refractivity contribution in [3.05, 3.63) is 65.2 Å². The average Bonchev–Trinajstić information content (AvgIpc) is 3.00. The first-order chi connectivity index (χ1) is 11.6. The van der Waals surface area contributed by atoms with Crippen LogP contribution in [0.3, 0.4) is 0 Å². The fourth-order valence-corrected chi connectivity index (χ4v) is 2.87. The number of hydrogen-bond donors (Lipinski definition) is 1. The number of carbonyl (C=O) groups is 2. The van der Waals surface area contributed by atoms with E-state index in [4.69, 9.17) is 11.6 Å². The van der Waals surface area contributed by atoms with E-state index in [1.54, 1.807) is 23.1 Å². The first kappa shape index (κ1) is 16.3. The molecule has 0 aliphatic carbocycles. The van der Waals surface area contributed by atoms with Crippen LogP contribution in [0, 0.1) is 0 Å². The second kappa shape index (κ2) is 7.32. The molecule has 1 N–H and O–H groups in total. The van der Waals surface area contributed by atoms with E-state index < -0.39 is 0 Å². The van der Waals surface area contributed by atoms with Crippen molar-refractivity contribution < 1.29 is 9.59 Å². The van der Waals surface area contributed by atoms with Gasteiger partial charge in [-0.3, -0.25) is 9.59 Å². The van der Waals surface area contributed by atoms with Crippen molar-refractivity contribution in [1.82, 2.24) is 0 Å². The van der Waals surface area contributed by atoms with E-state index >= 15 is 0 Å². The third-order valence-corrected chi connectivity index (χ3v) is 4.19. The van der Waals surface area contributed by atoms with E-state index in [1.807, 2.05) is 36.4 Å². The van der Waals surface area contributed by atoms with Crippen molar-refractivity contribution >= 4 is 40.9 Å². The molecule has 2 aromatic carbocycles. The minimum absolute atomic E-state index is 0.0864. The van der Waals surface area contributed by atoms with Gasteiger partial charge < -0.3 is 10.2 Å². The number of nitrogens with one attached hydrogen (secondary N) is 1. The van der Waals surface area contributed by atoms with E-state index in [0.29, 0.717) is 23.7 Å². The quantitative estimate of drug-likeness (QED) is 0.851. The second-order valence-corrected chi connectivity index (χ2v) is 5.92. The molecule has 2 aromatic rings. The topological polar surface area (TPSA) is 49.4 Å². The Morgan fingerprint density at radius 1 is 1.12 bits per heavy atom. The van der Waals surface area contributed by atoms with Crippen molar-refractivity contribution in [1.29, 1.82) is 0 Å². The van der Waals surface area contributed by atoms with Gasteiger partial charge >= 0.3 is 0 Å². The number of amides is 2. The molecule has 1 heterocycles. The van der Waals surface area contributed by atoms with Crippen molar-refractivity contribution in [3.8, 4) is 0 Å². The lowest BCUT2D eigenvalue weighted by Gasteiger charge is -2.19. The summed E-state index contributed by atoms with van der Waals surface area (Å²) in [5.41, 5.74) is 2.14. The molecule has 0 spiro atoms. The summed E-state index contributed by atoms with van der Waals surface area (Å²) in [5, 5.41) is 3.42. The first-order valence-corrected chi connectivity index (χ1v) is 8.16.